The molecule has 1 N–H and O–H groups in total. The van der Waals surface area contributed by atoms with Crippen LogP contribution in [0.1, 0.15) is 12.5 Å². The summed E-state index contributed by atoms with van der Waals surface area (Å²) in [5, 5.41) is 13.0. The van der Waals surface area contributed by atoms with Crippen LogP contribution in [0.5, 0.6) is 0 Å². The molecule has 0 saturated carbocycles. The summed E-state index contributed by atoms with van der Waals surface area (Å²) in [7, 11) is 0. The molecule has 0 spiro atoms. The lowest BCUT2D eigenvalue weighted by Gasteiger charge is -2.12. The number of nitro groups is 1. The Morgan fingerprint density at radius 1 is 1.32 bits per heavy atom. The molecule has 2 aromatic rings. The number of aromatic nitrogens is 1. The van der Waals surface area contributed by atoms with Gasteiger partial charge in [0.15, 0.2) is 0 Å². The van der Waals surface area contributed by atoms with Gasteiger partial charge in [-0.05, 0) is 37.6 Å². The summed E-state index contributed by atoms with van der Waals surface area (Å²) in [5.74, 6) is 0.383. The maximum absolute atomic E-state index is 12.2. The van der Waals surface area contributed by atoms with E-state index in [4.69, 9.17) is 0 Å². The molecular formula is C15H15N3O3S. The fourth-order valence-corrected chi connectivity index (χ4v) is 2.61. The SMILES string of the molecule is Cc1cccnc1NC(=O)C(C)Sc1ccc([N+](=O)[O-])cc1. The summed E-state index contributed by atoms with van der Waals surface area (Å²) in [4.78, 5) is 27.2. The number of hydrogen-bond acceptors (Lipinski definition) is 5. The van der Waals surface area contributed by atoms with Crippen LogP contribution in [0.3, 0.4) is 0 Å². The minimum Gasteiger partial charge on any atom is -0.310 e. The van der Waals surface area contributed by atoms with Gasteiger partial charge in [0.2, 0.25) is 5.91 Å². The van der Waals surface area contributed by atoms with Crippen LogP contribution in [-0.2, 0) is 4.79 Å². The number of pyridine rings is 1. The van der Waals surface area contributed by atoms with Crippen molar-refractivity contribution in [2.45, 2.75) is 24.0 Å². The molecule has 0 bridgehead atoms. The van der Waals surface area contributed by atoms with E-state index in [0.717, 1.165) is 10.5 Å². The van der Waals surface area contributed by atoms with E-state index in [9.17, 15) is 14.9 Å². The molecule has 0 aliphatic rings. The highest BCUT2D eigenvalue weighted by Crippen LogP contribution is 2.26. The Balaban J connectivity index is 1.99. The zero-order valence-electron chi connectivity index (χ0n) is 12.1. The van der Waals surface area contributed by atoms with Gasteiger partial charge in [-0.1, -0.05) is 6.07 Å². The van der Waals surface area contributed by atoms with Crippen molar-refractivity contribution in [1.29, 1.82) is 0 Å². The number of thioether (sulfide) groups is 1. The standard InChI is InChI=1S/C15H15N3O3S/c1-10-4-3-9-16-14(10)17-15(19)11(2)22-13-7-5-12(6-8-13)18(20)21/h3-9,11H,1-2H3,(H,16,17,19). The minimum atomic E-state index is -0.450. The van der Waals surface area contributed by atoms with Gasteiger partial charge in [0.05, 0.1) is 10.2 Å². The van der Waals surface area contributed by atoms with Gasteiger partial charge in [0, 0.05) is 23.2 Å². The number of aryl methyl sites for hydroxylation is 1. The van der Waals surface area contributed by atoms with Gasteiger partial charge in [-0.3, -0.25) is 14.9 Å². The summed E-state index contributed by atoms with van der Waals surface area (Å²) in [6, 6.07) is 9.81. The van der Waals surface area contributed by atoms with Gasteiger partial charge in [-0.2, -0.15) is 0 Å². The first-order valence-corrected chi connectivity index (χ1v) is 7.49. The smallest absolute Gasteiger partial charge is 0.269 e. The highest BCUT2D eigenvalue weighted by atomic mass is 32.2. The number of amides is 1. The topological polar surface area (TPSA) is 85.1 Å². The Kier molecular flexibility index (Phi) is 5.11. The first-order chi connectivity index (χ1) is 10.5. The Labute approximate surface area is 132 Å². The van der Waals surface area contributed by atoms with E-state index < -0.39 is 4.92 Å². The molecular weight excluding hydrogens is 302 g/mol. The van der Waals surface area contributed by atoms with Crippen molar-refractivity contribution >= 4 is 29.2 Å². The van der Waals surface area contributed by atoms with Crippen LogP contribution in [0.25, 0.3) is 0 Å². The number of nitro benzene ring substituents is 1. The molecule has 1 aromatic heterocycles. The summed E-state index contributed by atoms with van der Waals surface area (Å²) >= 11 is 1.33. The van der Waals surface area contributed by atoms with Crippen LogP contribution in [0.15, 0.2) is 47.5 Å². The summed E-state index contributed by atoms with van der Waals surface area (Å²) < 4.78 is 0. The lowest BCUT2D eigenvalue weighted by molar-refractivity contribution is -0.384. The second kappa shape index (κ2) is 7.04. The Morgan fingerprint density at radius 3 is 2.59 bits per heavy atom. The van der Waals surface area contributed by atoms with Gasteiger partial charge in [-0.15, -0.1) is 11.8 Å². The quantitative estimate of drug-likeness (QED) is 0.519. The van der Waals surface area contributed by atoms with E-state index in [0.29, 0.717) is 5.82 Å². The van der Waals surface area contributed by atoms with E-state index >= 15 is 0 Å². The van der Waals surface area contributed by atoms with Crippen LogP contribution in [-0.4, -0.2) is 21.1 Å². The molecule has 1 atom stereocenters. The molecule has 7 heteroatoms. The van der Waals surface area contributed by atoms with Gasteiger partial charge >= 0.3 is 0 Å². The number of carbonyl (C=O) groups excluding carboxylic acids is 1. The number of carbonyl (C=O) groups is 1. The third-order valence-electron chi connectivity index (χ3n) is 2.98. The first-order valence-electron chi connectivity index (χ1n) is 6.61. The Morgan fingerprint density at radius 2 is 2.00 bits per heavy atom. The summed E-state index contributed by atoms with van der Waals surface area (Å²) in [6.07, 6.45) is 1.62. The maximum Gasteiger partial charge on any atom is 0.269 e. The molecule has 1 aromatic carbocycles. The highest BCUT2D eigenvalue weighted by Gasteiger charge is 2.16. The zero-order valence-corrected chi connectivity index (χ0v) is 13.0. The van der Waals surface area contributed by atoms with E-state index in [1.807, 2.05) is 13.0 Å². The van der Waals surface area contributed by atoms with Gasteiger partial charge in [0.1, 0.15) is 5.82 Å². The average Bonchev–Trinajstić information content (AvgIpc) is 2.50. The van der Waals surface area contributed by atoms with Crippen molar-refractivity contribution in [3.8, 4) is 0 Å². The van der Waals surface area contributed by atoms with Crippen molar-refractivity contribution in [3.05, 3.63) is 58.3 Å². The number of rotatable bonds is 5. The normalized spacial score (nSPS) is 11.7. The second-order valence-electron chi connectivity index (χ2n) is 4.67. The predicted octanol–water partition coefficient (Wildman–Crippen LogP) is 3.42. The third kappa shape index (κ3) is 4.05. The molecule has 1 heterocycles. The van der Waals surface area contributed by atoms with E-state index in [1.54, 1.807) is 31.3 Å². The molecule has 0 saturated heterocycles. The van der Waals surface area contributed by atoms with Crippen LogP contribution >= 0.6 is 11.8 Å². The number of nitrogens with zero attached hydrogens (tertiary/aromatic N) is 2. The summed E-state index contributed by atoms with van der Waals surface area (Å²) in [5.41, 5.74) is 0.925. The van der Waals surface area contributed by atoms with Crippen LogP contribution in [0, 0.1) is 17.0 Å². The van der Waals surface area contributed by atoms with Crippen molar-refractivity contribution in [3.63, 3.8) is 0 Å². The predicted molar refractivity (Wildman–Crippen MR) is 86.0 cm³/mol. The second-order valence-corrected chi connectivity index (χ2v) is 6.08. The van der Waals surface area contributed by atoms with Crippen LogP contribution < -0.4 is 5.32 Å². The Hall–Kier alpha value is -2.41. The van der Waals surface area contributed by atoms with Crippen molar-refractivity contribution in [2.75, 3.05) is 5.32 Å². The molecule has 6 nitrogen and oxygen atoms in total. The zero-order chi connectivity index (χ0) is 16.1. The third-order valence-corrected chi connectivity index (χ3v) is 4.09. The number of benzene rings is 1. The number of nitrogens with one attached hydrogen (secondary N) is 1. The average molecular weight is 317 g/mol. The molecule has 1 amide bonds. The first kappa shape index (κ1) is 16.0. The van der Waals surface area contributed by atoms with E-state index in [1.165, 1.54) is 23.9 Å². The number of non-ortho nitro benzene ring substituents is 1. The molecule has 0 radical (unpaired) electrons. The lowest BCUT2D eigenvalue weighted by Crippen LogP contribution is -2.23. The highest BCUT2D eigenvalue weighted by molar-refractivity contribution is 8.00. The van der Waals surface area contributed by atoms with Crippen molar-refractivity contribution < 1.29 is 9.72 Å². The van der Waals surface area contributed by atoms with Crippen molar-refractivity contribution in [2.24, 2.45) is 0 Å². The van der Waals surface area contributed by atoms with Crippen LogP contribution in [0.2, 0.25) is 0 Å². The van der Waals surface area contributed by atoms with E-state index in [-0.39, 0.29) is 16.8 Å². The number of hydrogen-bond donors (Lipinski definition) is 1. The minimum absolute atomic E-state index is 0.0329. The number of anilines is 1. The maximum atomic E-state index is 12.2. The van der Waals surface area contributed by atoms with Gasteiger partial charge < -0.3 is 5.32 Å². The molecule has 22 heavy (non-hydrogen) atoms. The molecule has 1 unspecified atom stereocenters. The van der Waals surface area contributed by atoms with Gasteiger partial charge in [0.25, 0.3) is 5.69 Å². The largest absolute Gasteiger partial charge is 0.310 e. The van der Waals surface area contributed by atoms with Crippen LogP contribution in [0.4, 0.5) is 11.5 Å². The fraction of sp³-hybridized carbons (Fsp3) is 0.200. The molecule has 2 rings (SSSR count). The molecule has 0 fully saturated rings. The lowest BCUT2D eigenvalue weighted by atomic mass is 10.3. The molecule has 114 valence electrons. The molecule has 0 aliphatic heterocycles. The van der Waals surface area contributed by atoms with Gasteiger partial charge in [-0.25, -0.2) is 4.98 Å². The van der Waals surface area contributed by atoms with E-state index in [2.05, 4.69) is 10.3 Å². The summed E-state index contributed by atoms with van der Waals surface area (Å²) in [6.45, 7) is 3.65. The monoisotopic (exact) mass is 317 g/mol. The Bertz CT molecular complexity index is 689. The van der Waals surface area contributed by atoms with Crippen molar-refractivity contribution in [1.82, 2.24) is 4.98 Å². The fourth-order valence-electron chi connectivity index (χ4n) is 1.74. The molecule has 0 aliphatic carbocycles.